The van der Waals surface area contributed by atoms with Gasteiger partial charge in [0, 0.05) is 58.2 Å². The van der Waals surface area contributed by atoms with Crippen LogP contribution in [-0.2, 0) is 17.6 Å². The highest BCUT2D eigenvalue weighted by Gasteiger charge is 2.52. The summed E-state index contributed by atoms with van der Waals surface area (Å²) in [5.74, 6) is 9.85. The average Bonchev–Trinajstić information content (AvgIpc) is 3.76. The standard InChI is InChI=1S/C53H68N2O/c1-3-5-7-9-11-21-35-53(36-22-12-10-8-6-4-2)47-37-39(54-48-27-17-13-23-42(48)43-24-14-18-28-49(43)54)31-33-41(47)46-34-32-40(38-52(46)56-53)55-50-29-19-15-25-44(50)45-26-16-20-30-51(45)55/h13-17,23-27,37,40-41,43,47,49H,3-12,19-22,29-36,38H2,1-2H3. The molecule has 1 aromatic carbocycles. The number of benzene rings is 1. The van der Waals surface area contributed by atoms with Gasteiger partial charge in [-0.05, 0) is 106 Å². The molecule has 3 heterocycles. The molecular weight excluding hydrogens is 681 g/mol. The van der Waals surface area contributed by atoms with Gasteiger partial charge >= 0.3 is 0 Å². The Morgan fingerprint density at radius 3 is 2.16 bits per heavy atom. The van der Waals surface area contributed by atoms with Gasteiger partial charge in [-0.1, -0.05) is 145 Å². The Morgan fingerprint density at radius 1 is 0.768 bits per heavy atom. The van der Waals surface area contributed by atoms with Gasteiger partial charge in [0.25, 0.3) is 0 Å². The molecular formula is C53H68N2O. The number of para-hydroxylation sites is 1. The van der Waals surface area contributed by atoms with Gasteiger partial charge in [0.2, 0.25) is 0 Å². The first kappa shape index (κ1) is 37.9. The summed E-state index contributed by atoms with van der Waals surface area (Å²) in [5.41, 5.74) is 12.1. The minimum absolute atomic E-state index is 0.135. The second-order valence-corrected chi connectivity index (χ2v) is 18.4. The van der Waals surface area contributed by atoms with E-state index in [0.717, 1.165) is 12.8 Å². The van der Waals surface area contributed by atoms with Gasteiger partial charge in [0.05, 0.1) is 5.76 Å². The van der Waals surface area contributed by atoms with Crippen molar-refractivity contribution in [3.05, 3.63) is 99.8 Å². The molecule has 5 aliphatic carbocycles. The second kappa shape index (κ2) is 17.1. The van der Waals surface area contributed by atoms with E-state index in [2.05, 4.69) is 102 Å². The van der Waals surface area contributed by atoms with Gasteiger partial charge in [-0.3, -0.25) is 0 Å². The topological polar surface area (TPSA) is 17.4 Å². The maximum absolute atomic E-state index is 7.94. The zero-order valence-corrected chi connectivity index (χ0v) is 34.8. The molecule has 0 saturated heterocycles. The average molecular weight is 749 g/mol. The van der Waals surface area contributed by atoms with E-state index in [1.54, 1.807) is 17.0 Å². The van der Waals surface area contributed by atoms with E-state index in [9.17, 15) is 0 Å². The van der Waals surface area contributed by atoms with E-state index >= 15 is 0 Å². The van der Waals surface area contributed by atoms with Crippen molar-refractivity contribution in [1.29, 1.82) is 0 Å². The van der Waals surface area contributed by atoms with Gasteiger partial charge in [0.1, 0.15) is 11.6 Å². The summed E-state index contributed by atoms with van der Waals surface area (Å²) in [6, 6.07) is 9.87. The quantitative estimate of drug-likeness (QED) is 0.126. The molecule has 3 nitrogen and oxygen atoms in total. The Morgan fingerprint density at radius 2 is 1.45 bits per heavy atom. The van der Waals surface area contributed by atoms with Crippen LogP contribution >= 0.6 is 0 Å². The molecule has 7 aliphatic rings. The van der Waals surface area contributed by atoms with Crippen molar-refractivity contribution in [2.45, 2.75) is 185 Å². The Bertz CT molecular complexity index is 1900. The molecule has 0 saturated carbocycles. The molecule has 0 radical (unpaired) electrons. The Hall–Kier alpha value is -3.64. The first-order valence-corrected chi connectivity index (χ1v) is 23.5. The van der Waals surface area contributed by atoms with Crippen LogP contribution in [0, 0.1) is 23.7 Å². The van der Waals surface area contributed by atoms with Crippen molar-refractivity contribution in [3.8, 4) is 11.8 Å². The Kier molecular flexibility index (Phi) is 11.6. The van der Waals surface area contributed by atoms with E-state index in [1.807, 2.05) is 0 Å². The summed E-state index contributed by atoms with van der Waals surface area (Å²) in [7, 11) is 0. The Balaban J connectivity index is 1.08. The summed E-state index contributed by atoms with van der Waals surface area (Å²) in [4.78, 5) is 2.68. The van der Waals surface area contributed by atoms with Crippen LogP contribution < -0.4 is 4.90 Å². The number of nitrogens with zero attached hydrogens (tertiary/aromatic N) is 2. The van der Waals surface area contributed by atoms with E-state index in [1.165, 1.54) is 169 Å². The van der Waals surface area contributed by atoms with Crippen LogP contribution in [0.1, 0.15) is 189 Å². The molecule has 2 aromatic rings. The zero-order chi connectivity index (χ0) is 37.9. The molecule has 1 aromatic heterocycles. The monoisotopic (exact) mass is 749 g/mol. The lowest BCUT2D eigenvalue weighted by Crippen LogP contribution is -2.50. The summed E-state index contributed by atoms with van der Waals surface area (Å²) in [6.45, 7) is 4.67. The molecule has 9 rings (SSSR count). The number of rotatable bonds is 16. The molecule has 5 unspecified atom stereocenters. The number of hydrogen-bond donors (Lipinski definition) is 0. The van der Waals surface area contributed by atoms with Crippen LogP contribution in [0.2, 0.25) is 0 Å². The number of unbranched alkanes of at least 4 members (excludes halogenated alkanes) is 10. The molecule has 5 atom stereocenters. The van der Waals surface area contributed by atoms with Crippen molar-refractivity contribution >= 4 is 17.8 Å². The lowest BCUT2D eigenvalue weighted by molar-refractivity contribution is -0.0927. The molecule has 0 fully saturated rings. The maximum atomic E-state index is 7.94. The highest BCUT2D eigenvalue weighted by molar-refractivity contribution is 5.73. The maximum Gasteiger partial charge on any atom is 0.115 e. The van der Waals surface area contributed by atoms with Crippen LogP contribution in [0.3, 0.4) is 0 Å². The van der Waals surface area contributed by atoms with Crippen LogP contribution in [0.5, 0.6) is 0 Å². The number of aromatic nitrogens is 1. The molecule has 3 heteroatoms. The summed E-state index contributed by atoms with van der Waals surface area (Å²) >= 11 is 0. The predicted molar refractivity (Wildman–Crippen MR) is 236 cm³/mol. The third-order valence-electron chi connectivity index (χ3n) is 15.0. The third kappa shape index (κ3) is 7.11. The van der Waals surface area contributed by atoms with Gasteiger partial charge in [-0.15, -0.1) is 0 Å². The number of allylic oxidation sites excluding steroid dienone is 6. The second-order valence-electron chi connectivity index (χ2n) is 18.4. The lowest BCUT2D eigenvalue weighted by atomic mass is 9.62. The molecule has 2 aliphatic heterocycles. The Labute approximate surface area is 339 Å². The van der Waals surface area contributed by atoms with E-state index in [0.29, 0.717) is 23.8 Å². The van der Waals surface area contributed by atoms with Crippen molar-refractivity contribution in [1.82, 2.24) is 4.57 Å². The van der Waals surface area contributed by atoms with Gasteiger partial charge in [-0.2, -0.15) is 0 Å². The van der Waals surface area contributed by atoms with Gasteiger partial charge in [0.15, 0.2) is 0 Å². The van der Waals surface area contributed by atoms with Crippen molar-refractivity contribution in [3.63, 3.8) is 0 Å². The fraction of sp³-hybridized carbons (Fsp3) is 0.585. The normalized spacial score (nSPS) is 26.3. The number of hydrogen-bond acceptors (Lipinski definition) is 2. The van der Waals surface area contributed by atoms with E-state index < -0.39 is 0 Å². The highest BCUT2D eigenvalue weighted by Crippen LogP contribution is 2.57. The first-order chi connectivity index (χ1) is 27.7. The zero-order valence-electron chi connectivity index (χ0n) is 34.8. The number of fused-ring (bicyclic) bond motifs is 8. The largest absolute Gasteiger partial charge is 0.491 e. The summed E-state index contributed by atoms with van der Waals surface area (Å²) in [6.07, 6.45) is 45.9. The number of anilines is 1. The predicted octanol–water partition coefficient (Wildman–Crippen LogP) is 14.1. The number of ether oxygens (including phenoxy) is 1. The molecule has 0 spiro atoms. The van der Waals surface area contributed by atoms with Crippen LogP contribution in [0.15, 0.2) is 71.7 Å². The third-order valence-corrected chi connectivity index (χ3v) is 15.0. The van der Waals surface area contributed by atoms with Gasteiger partial charge in [-0.25, -0.2) is 0 Å². The fourth-order valence-electron chi connectivity index (χ4n) is 12.3. The summed E-state index contributed by atoms with van der Waals surface area (Å²) in [5, 5.41) is 0. The highest BCUT2D eigenvalue weighted by atomic mass is 16.5. The van der Waals surface area contributed by atoms with E-state index in [-0.39, 0.29) is 11.6 Å². The van der Waals surface area contributed by atoms with Crippen molar-refractivity contribution < 1.29 is 4.74 Å². The lowest BCUT2D eigenvalue weighted by Gasteiger charge is -2.53. The van der Waals surface area contributed by atoms with Crippen LogP contribution in [-0.4, -0.2) is 16.2 Å². The molecule has 296 valence electrons. The van der Waals surface area contributed by atoms with Crippen LogP contribution in [0.4, 0.5) is 5.69 Å². The van der Waals surface area contributed by atoms with Gasteiger partial charge < -0.3 is 14.2 Å². The molecule has 56 heavy (non-hydrogen) atoms. The van der Waals surface area contributed by atoms with E-state index in [4.69, 9.17) is 4.74 Å². The minimum atomic E-state index is -0.135. The van der Waals surface area contributed by atoms with Crippen molar-refractivity contribution in [2.24, 2.45) is 11.8 Å². The molecule has 0 amide bonds. The SMILES string of the molecule is CCCCCCCCC1(CCCCCCCC)OC2=C(CCC(n3c4c(c5c3CCC=C5)C=CCC4)C2)C2CCC(N3c4ccccc4C4C=CC#CC43)=CC21. The van der Waals surface area contributed by atoms with Crippen LogP contribution in [0.25, 0.3) is 12.2 Å². The first-order valence-electron chi connectivity index (χ1n) is 23.5. The molecule has 0 bridgehead atoms. The smallest absolute Gasteiger partial charge is 0.115 e. The summed E-state index contributed by atoms with van der Waals surface area (Å²) < 4.78 is 10.8. The fourth-order valence-corrected chi connectivity index (χ4v) is 12.3. The van der Waals surface area contributed by atoms with Crippen molar-refractivity contribution in [2.75, 3.05) is 4.90 Å². The minimum Gasteiger partial charge on any atom is -0.491 e. The molecule has 0 N–H and O–H groups in total.